The second kappa shape index (κ2) is 10.7. The number of nitrogens with zero attached hydrogens (tertiary/aromatic N) is 5. The van der Waals surface area contributed by atoms with Gasteiger partial charge < -0.3 is 4.90 Å². The van der Waals surface area contributed by atoms with E-state index in [1.165, 1.54) is 11.1 Å². The molecule has 1 saturated heterocycles. The number of carbonyl (C=O) groups excluding carboxylic acids is 1. The Morgan fingerprint density at radius 3 is 1.88 bits per heavy atom. The molecule has 2 aromatic heterocycles. The highest BCUT2D eigenvalue weighted by Crippen LogP contribution is 2.31. The van der Waals surface area contributed by atoms with E-state index in [1.807, 2.05) is 45.8 Å². The fourth-order valence-corrected chi connectivity index (χ4v) is 5.57. The lowest BCUT2D eigenvalue weighted by atomic mass is 9.93. The Kier molecular flexibility index (Phi) is 6.95. The number of hydrogen-bond donors (Lipinski definition) is 0. The molecule has 1 aliphatic rings. The van der Waals surface area contributed by atoms with Crippen LogP contribution in [0.3, 0.4) is 0 Å². The number of benzene rings is 3. The molecular formula is C34H35N5O. The van der Waals surface area contributed by atoms with Gasteiger partial charge in [0.1, 0.15) is 0 Å². The third-order valence-corrected chi connectivity index (χ3v) is 7.73. The number of piperazine rings is 1. The van der Waals surface area contributed by atoms with Crippen molar-refractivity contribution in [3.8, 4) is 11.3 Å². The molecule has 0 spiro atoms. The van der Waals surface area contributed by atoms with Crippen LogP contribution in [0.1, 0.15) is 54.0 Å². The topological polar surface area (TPSA) is 53.7 Å². The van der Waals surface area contributed by atoms with Gasteiger partial charge >= 0.3 is 0 Å². The van der Waals surface area contributed by atoms with Gasteiger partial charge in [-0.3, -0.25) is 9.69 Å². The first kappa shape index (κ1) is 26.0. The number of rotatable bonds is 5. The summed E-state index contributed by atoms with van der Waals surface area (Å²) in [5, 5.41) is 4.93. The van der Waals surface area contributed by atoms with Crippen molar-refractivity contribution in [2.75, 3.05) is 26.2 Å². The molecule has 6 rings (SSSR count). The molecule has 0 bridgehead atoms. The first-order chi connectivity index (χ1) is 19.4. The van der Waals surface area contributed by atoms with E-state index >= 15 is 0 Å². The van der Waals surface area contributed by atoms with Gasteiger partial charge in [0.05, 0.1) is 23.0 Å². The van der Waals surface area contributed by atoms with Gasteiger partial charge in [-0.1, -0.05) is 112 Å². The van der Waals surface area contributed by atoms with E-state index in [0.29, 0.717) is 18.7 Å². The van der Waals surface area contributed by atoms with E-state index in [9.17, 15) is 4.79 Å². The Bertz CT molecular complexity index is 1560. The fourth-order valence-electron chi connectivity index (χ4n) is 5.57. The van der Waals surface area contributed by atoms with Crippen molar-refractivity contribution in [2.45, 2.75) is 32.2 Å². The molecule has 1 fully saturated rings. The molecule has 5 aromatic rings. The predicted molar refractivity (Wildman–Crippen MR) is 159 cm³/mol. The van der Waals surface area contributed by atoms with Crippen LogP contribution >= 0.6 is 0 Å². The lowest BCUT2D eigenvalue weighted by molar-refractivity contribution is 0.0597. The summed E-state index contributed by atoms with van der Waals surface area (Å²) in [5.41, 5.74) is 6.43. The molecule has 3 heterocycles. The zero-order valence-corrected chi connectivity index (χ0v) is 23.4. The second-order valence-electron chi connectivity index (χ2n) is 11.5. The quantitative estimate of drug-likeness (QED) is 0.270. The summed E-state index contributed by atoms with van der Waals surface area (Å²) in [5.74, 6) is -0.00307. The minimum atomic E-state index is -0.129. The van der Waals surface area contributed by atoms with Gasteiger partial charge in [-0.2, -0.15) is 5.10 Å². The molecule has 0 N–H and O–H groups in total. The number of hydrogen-bond acceptors (Lipinski definition) is 4. The Morgan fingerprint density at radius 2 is 1.32 bits per heavy atom. The number of amides is 1. The third-order valence-electron chi connectivity index (χ3n) is 7.73. The third kappa shape index (κ3) is 5.03. The van der Waals surface area contributed by atoms with Crippen LogP contribution in [0.25, 0.3) is 16.9 Å². The second-order valence-corrected chi connectivity index (χ2v) is 11.5. The van der Waals surface area contributed by atoms with Crippen LogP contribution in [0.2, 0.25) is 0 Å². The highest BCUT2D eigenvalue weighted by molar-refractivity contribution is 6.00. The Hall–Kier alpha value is -4.29. The zero-order valence-electron chi connectivity index (χ0n) is 23.4. The average Bonchev–Trinajstić information content (AvgIpc) is 3.44. The maximum atomic E-state index is 14.1. The molecular weight excluding hydrogens is 494 g/mol. The summed E-state index contributed by atoms with van der Waals surface area (Å²) >= 11 is 0. The summed E-state index contributed by atoms with van der Waals surface area (Å²) in [4.78, 5) is 23.2. The van der Waals surface area contributed by atoms with Gasteiger partial charge in [-0.25, -0.2) is 9.50 Å². The van der Waals surface area contributed by atoms with Crippen molar-refractivity contribution in [2.24, 2.45) is 0 Å². The molecule has 0 saturated carbocycles. The standard InChI is InChI=1S/C34H35N5O/c1-34(2,3)29-23-30-35-24-28(32(39(30)36-29)27-17-11-6-12-18-27)33(40)38-21-19-37(20-22-38)31(25-13-7-4-8-14-25)26-15-9-5-10-16-26/h4-18,23-24,31H,19-22H2,1-3H3. The van der Waals surface area contributed by atoms with Crippen molar-refractivity contribution in [3.05, 3.63) is 126 Å². The van der Waals surface area contributed by atoms with Crippen LogP contribution in [-0.4, -0.2) is 56.5 Å². The van der Waals surface area contributed by atoms with E-state index in [4.69, 9.17) is 5.10 Å². The molecule has 6 nitrogen and oxygen atoms in total. The predicted octanol–water partition coefficient (Wildman–Crippen LogP) is 6.24. The minimum Gasteiger partial charge on any atom is -0.336 e. The normalized spacial score (nSPS) is 14.7. The first-order valence-electron chi connectivity index (χ1n) is 14.0. The van der Waals surface area contributed by atoms with Crippen LogP contribution < -0.4 is 0 Å². The monoisotopic (exact) mass is 529 g/mol. The molecule has 40 heavy (non-hydrogen) atoms. The highest BCUT2D eigenvalue weighted by atomic mass is 16.2. The smallest absolute Gasteiger partial charge is 0.257 e. The molecule has 0 unspecified atom stereocenters. The van der Waals surface area contributed by atoms with E-state index in [-0.39, 0.29) is 17.4 Å². The minimum absolute atomic E-state index is 0.00307. The summed E-state index contributed by atoms with van der Waals surface area (Å²) in [6.45, 7) is 9.28. The van der Waals surface area contributed by atoms with Gasteiger partial charge in [0, 0.05) is 49.4 Å². The maximum absolute atomic E-state index is 14.1. The van der Waals surface area contributed by atoms with Gasteiger partial charge in [0.2, 0.25) is 0 Å². The lowest BCUT2D eigenvalue weighted by Gasteiger charge is -2.40. The number of carbonyl (C=O) groups is 1. The van der Waals surface area contributed by atoms with Crippen molar-refractivity contribution >= 4 is 11.6 Å². The maximum Gasteiger partial charge on any atom is 0.257 e. The summed E-state index contributed by atoms with van der Waals surface area (Å²) in [7, 11) is 0. The average molecular weight is 530 g/mol. The lowest BCUT2D eigenvalue weighted by Crippen LogP contribution is -2.50. The van der Waals surface area contributed by atoms with E-state index in [2.05, 4.69) is 91.3 Å². The van der Waals surface area contributed by atoms with Crippen molar-refractivity contribution < 1.29 is 4.79 Å². The molecule has 1 amide bonds. The SMILES string of the molecule is CC(C)(C)c1cc2ncc(C(=O)N3CCN(C(c4ccccc4)c4ccccc4)CC3)c(-c3ccccc3)n2n1. The Morgan fingerprint density at radius 1 is 0.775 bits per heavy atom. The largest absolute Gasteiger partial charge is 0.336 e. The van der Waals surface area contributed by atoms with Crippen molar-refractivity contribution in [3.63, 3.8) is 0 Å². The van der Waals surface area contributed by atoms with Crippen molar-refractivity contribution in [1.29, 1.82) is 0 Å². The molecule has 0 radical (unpaired) electrons. The Labute approximate surface area is 235 Å². The van der Waals surface area contributed by atoms with E-state index in [1.54, 1.807) is 6.20 Å². The van der Waals surface area contributed by atoms with Gasteiger partial charge in [-0.15, -0.1) is 0 Å². The van der Waals surface area contributed by atoms with Crippen molar-refractivity contribution in [1.82, 2.24) is 24.4 Å². The molecule has 6 heteroatoms. The molecule has 0 atom stereocenters. The van der Waals surface area contributed by atoms with Crippen LogP contribution in [0.4, 0.5) is 0 Å². The van der Waals surface area contributed by atoms with Crippen LogP contribution in [0, 0.1) is 0 Å². The van der Waals surface area contributed by atoms with Crippen LogP contribution in [0.15, 0.2) is 103 Å². The van der Waals surface area contributed by atoms with E-state index < -0.39 is 0 Å². The van der Waals surface area contributed by atoms with Crippen LogP contribution in [-0.2, 0) is 5.41 Å². The molecule has 202 valence electrons. The van der Waals surface area contributed by atoms with Gasteiger partial charge in [0.25, 0.3) is 5.91 Å². The zero-order chi connectivity index (χ0) is 27.7. The number of fused-ring (bicyclic) bond motifs is 1. The molecule has 0 aliphatic carbocycles. The van der Waals surface area contributed by atoms with Gasteiger partial charge in [0.15, 0.2) is 5.65 Å². The Balaban J connectivity index is 1.31. The highest BCUT2D eigenvalue weighted by Gasteiger charge is 2.31. The summed E-state index contributed by atoms with van der Waals surface area (Å²) in [6.07, 6.45) is 1.73. The fraction of sp³-hybridized carbons (Fsp3) is 0.265. The van der Waals surface area contributed by atoms with E-state index in [0.717, 1.165) is 35.7 Å². The molecule has 3 aromatic carbocycles. The van der Waals surface area contributed by atoms with Gasteiger partial charge in [-0.05, 0) is 11.1 Å². The summed E-state index contributed by atoms with van der Waals surface area (Å²) < 4.78 is 1.85. The summed E-state index contributed by atoms with van der Waals surface area (Å²) in [6, 6.07) is 33.5. The first-order valence-corrected chi connectivity index (χ1v) is 14.0. The number of aromatic nitrogens is 3. The molecule has 1 aliphatic heterocycles. The van der Waals surface area contributed by atoms with Crippen LogP contribution in [0.5, 0.6) is 0 Å².